The Bertz CT molecular complexity index is 688. The van der Waals surface area contributed by atoms with E-state index in [9.17, 15) is 4.79 Å². The molecule has 0 aliphatic heterocycles. The molecule has 1 amide bonds. The lowest BCUT2D eigenvalue weighted by molar-refractivity contribution is 0.0491. The molecule has 1 rings (SSSR count). The van der Waals surface area contributed by atoms with Crippen molar-refractivity contribution in [1.82, 2.24) is 25.3 Å². The number of hydrogen-bond donors (Lipinski definition) is 2. The first-order valence-corrected chi connectivity index (χ1v) is 10.3. The molecule has 0 bridgehead atoms. The van der Waals surface area contributed by atoms with Gasteiger partial charge in [-0.3, -0.25) is 9.67 Å². The van der Waals surface area contributed by atoms with Crippen LogP contribution in [0.15, 0.2) is 11.2 Å². The second kappa shape index (κ2) is 10.5. The minimum Gasteiger partial charge on any atom is -0.444 e. The summed E-state index contributed by atoms with van der Waals surface area (Å²) in [7, 11) is 5.70. The summed E-state index contributed by atoms with van der Waals surface area (Å²) >= 11 is 0. The van der Waals surface area contributed by atoms with Crippen molar-refractivity contribution in [2.45, 2.75) is 72.6 Å². The molecule has 8 heteroatoms. The second-order valence-corrected chi connectivity index (χ2v) is 9.15. The van der Waals surface area contributed by atoms with E-state index in [4.69, 9.17) is 4.74 Å². The van der Waals surface area contributed by atoms with E-state index in [1.54, 1.807) is 7.05 Å². The SMILES string of the molecule is CN=C(NCC(NC(=O)OC(C)(C)C)C(C)C)N(C)Cc1cn(C)nc1C(C)C. The van der Waals surface area contributed by atoms with Crippen molar-refractivity contribution >= 4 is 12.1 Å². The van der Waals surface area contributed by atoms with E-state index in [1.807, 2.05) is 39.5 Å². The van der Waals surface area contributed by atoms with E-state index in [0.717, 1.165) is 11.7 Å². The number of rotatable bonds is 7. The van der Waals surface area contributed by atoms with Crippen LogP contribution in [-0.4, -0.2) is 59.0 Å². The zero-order valence-corrected chi connectivity index (χ0v) is 19.8. The molecule has 1 heterocycles. The average Bonchev–Trinajstić information content (AvgIpc) is 2.93. The van der Waals surface area contributed by atoms with Crippen LogP contribution in [0.5, 0.6) is 0 Å². The Morgan fingerprint density at radius 2 is 1.93 bits per heavy atom. The molecule has 29 heavy (non-hydrogen) atoms. The Balaban J connectivity index is 2.74. The van der Waals surface area contributed by atoms with Gasteiger partial charge in [0.15, 0.2) is 5.96 Å². The zero-order valence-electron chi connectivity index (χ0n) is 19.8. The van der Waals surface area contributed by atoms with Gasteiger partial charge in [-0.1, -0.05) is 27.7 Å². The van der Waals surface area contributed by atoms with Crippen LogP contribution < -0.4 is 10.6 Å². The molecule has 1 atom stereocenters. The van der Waals surface area contributed by atoms with Crippen molar-refractivity contribution in [2.75, 3.05) is 20.6 Å². The van der Waals surface area contributed by atoms with Crippen LogP contribution in [0.4, 0.5) is 4.79 Å². The third kappa shape index (κ3) is 8.33. The van der Waals surface area contributed by atoms with E-state index in [2.05, 4.69) is 59.5 Å². The first-order chi connectivity index (χ1) is 13.3. The molecule has 1 aromatic rings. The number of hydrogen-bond acceptors (Lipinski definition) is 4. The molecule has 0 spiro atoms. The molecule has 166 valence electrons. The minimum atomic E-state index is -0.521. The topological polar surface area (TPSA) is 83.8 Å². The molecule has 0 aliphatic carbocycles. The Kier molecular flexibility index (Phi) is 8.98. The van der Waals surface area contributed by atoms with Gasteiger partial charge in [-0.05, 0) is 32.6 Å². The summed E-state index contributed by atoms with van der Waals surface area (Å²) < 4.78 is 7.24. The smallest absolute Gasteiger partial charge is 0.407 e. The number of nitrogens with one attached hydrogen (secondary N) is 2. The van der Waals surface area contributed by atoms with Crippen molar-refractivity contribution in [2.24, 2.45) is 18.0 Å². The average molecular weight is 409 g/mol. The molecular weight excluding hydrogens is 368 g/mol. The fourth-order valence-corrected chi connectivity index (χ4v) is 2.99. The number of guanidine groups is 1. The zero-order chi connectivity index (χ0) is 22.4. The summed E-state index contributed by atoms with van der Waals surface area (Å²) in [5.74, 6) is 1.36. The van der Waals surface area contributed by atoms with Crippen LogP contribution in [0, 0.1) is 5.92 Å². The minimum absolute atomic E-state index is 0.0837. The third-order valence-corrected chi connectivity index (χ3v) is 4.45. The lowest BCUT2D eigenvalue weighted by Gasteiger charge is -2.28. The number of aryl methyl sites for hydroxylation is 1. The highest BCUT2D eigenvalue weighted by atomic mass is 16.6. The fourth-order valence-electron chi connectivity index (χ4n) is 2.99. The van der Waals surface area contributed by atoms with Gasteiger partial charge in [0.25, 0.3) is 0 Å². The molecule has 1 unspecified atom stereocenters. The Morgan fingerprint density at radius 3 is 2.41 bits per heavy atom. The summed E-state index contributed by atoms with van der Waals surface area (Å²) in [6.45, 7) is 15.3. The number of aromatic nitrogens is 2. The largest absolute Gasteiger partial charge is 0.444 e. The van der Waals surface area contributed by atoms with E-state index < -0.39 is 11.7 Å². The van der Waals surface area contributed by atoms with E-state index >= 15 is 0 Å². The van der Waals surface area contributed by atoms with Crippen LogP contribution in [-0.2, 0) is 18.3 Å². The molecule has 0 radical (unpaired) electrons. The number of alkyl carbamates (subject to hydrolysis) is 1. The van der Waals surface area contributed by atoms with Gasteiger partial charge >= 0.3 is 6.09 Å². The van der Waals surface area contributed by atoms with Gasteiger partial charge < -0.3 is 20.3 Å². The van der Waals surface area contributed by atoms with E-state index in [0.29, 0.717) is 19.0 Å². The van der Waals surface area contributed by atoms with Crippen molar-refractivity contribution in [3.63, 3.8) is 0 Å². The van der Waals surface area contributed by atoms with Gasteiger partial charge in [0, 0.05) is 46.0 Å². The number of amides is 1. The van der Waals surface area contributed by atoms with E-state index in [1.165, 1.54) is 5.56 Å². The van der Waals surface area contributed by atoms with Gasteiger partial charge in [-0.15, -0.1) is 0 Å². The fraction of sp³-hybridized carbons (Fsp3) is 0.762. The molecule has 0 saturated carbocycles. The molecule has 8 nitrogen and oxygen atoms in total. The molecule has 1 aromatic heterocycles. The monoisotopic (exact) mass is 408 g/mol. The van der Waals surface area contributed by atoms with Crippen LogP contribution in [0.25, 0.3) is 0 Å². The van der Waals surface area contributed by atoms with Gasteiger partial charge in [-0.25, -0.2) is 4.79 Å². The summed E-state index contributed by atoms with van der Waals surface area (Å²) in [5, 5.41) is 10.9. The van der Waals surface area contributed by atoms with Crippen molar-refractivity contribution in [1.29, 1.82) is 0 Å². The molecule has 2 N–H and O–H groups in total. The maximum absolute atomic E-state index is 12.2. The number of carbonyl (C=O) groups is 1. The van der Waals surface area contributed by atoms with Gasteiger partial charge in [0.1, 0.15) is 5.60 Å². The standard InChI is InChI=1S/C21H40N6O2/c1-14(2)17(24-20(28)29-21(5,6)7)11-23-19(22-8)26(9)12-16-13-27(10)25-18(16)15(3)4/h13-15,17H,11-12H2,1-10H3,(H,22,23)(H,24,28). The van der Waals surface area contributed by atoms with Crippen LogP contribution in [0.1, 0.15) is 65.6 Å². The van der Waals surface area contributed by atoms with Crippen LogP contribution in [0.2, 0.25) is 0 Å². The van der Waals surface area contributed by atoms with Crippen molar-refractivity contribution in [3.8, 4) is 0 Å². The van der Waals surface area contributed by atoms with Crippen LogP contribution >= 0.6 is 0 Å². The highest BCUT2D eigenvalue weighted by molar-refractivity contribution is 5.79. The predicted molar refractivity (Wildman–Crippen MR) is 118 cm³/mol. The molecule has 0 fully saturated rings. The van der Waals surface area contributed by atoms with Gasteiger partial charge in [0.2, 0.25) is 0 Å². The third-order valence-electron chi connectivity index (χ3n) is 4.45. The van der Waals surface area contributed by atoms with Gasteiger partial charge in [0.05, 0.1) is 11.7 Å². The number of ether oxygens (including phenoxy) is 1. The molecular formula is C21H40N6O2. The summed E-state index contributed by atoms with van der Waals surface area (Å²) in [4.78, 5) is 18.6. The van der Waals surface area contributed by atoms with Gasteiger partial charge in [-0.2, -0.15) is 5.10 Å². The maximum Gasteiger partial charge on any atom is 0.407 e. The molecule has 0 aromatic carbocycles. The normalized spacial score (nSPS) is 13.6. The number of carbonyl (C=O) groups excluding carboxylic acids is 1. The summed E-state index contributed by atoms with van der Waals surface area (Å²) in [6, 6.07) is -0.0837. The van der Waals surface area contributed by atoms with Crippen LogP contribution in [0.3, 0.4) is 0 Å². The van der Waals surface area contributed by atoms with Crippen molar-refractivity contribution in [3.05, 3.63) is 17.5 Å². The Morgan fingerprint density at radius 1 is 1.31 bits per heavy atom. The number of aliphatic imine (C=N–C) groups is 1. The molecule has 0 aliphatic rings. The summed E-state index contributed by atoms with van der Waals surface area (Å²) in [5.41, 5.74) is 1.76. The predicted octanol–water partition coefficient (Wildman–Crippen LogP) is 3.10. The Hall–Kier alpha value is -2.25. The lowest BCUT2D eigenvalue weighted by atomic mass is 10.0. The summed E-state index contributed by atoms with van der Waals surface area (Å²) in [6.07, 6.45) is 1.65. The highest BCUT2D eigenvalue weighted by Gasteiger charge is 2.22. The second-order valence-electron chi connectivity index (χ2n) is 9.15. The maximum atomic E-state index is 12.2. The highest BCUT2D eigenvalue weighted by Crippen LogP contribution is 2.18. The van der Waals surface area contributed by atoms with E-state index in [-0.39, 0.29) is 12.0 Å². The molecule has 0 saturated heterocycles. The number of nitrogens with zero attached hydrogens (tertiary/aromatic N) is 4. The van der Waals surface area contributed by atoms with Crippen molar-refractivity contribution < 1.29 is 9.53 Å². The lowest BCUT2D eigenvalue weighted by Crippen LogP contribution is -2.50. The quantitative estimate of drug-likeness (QED) is 0.535. The first-order valence-electron chi connectivity index (χ1n) is 10.3. The first kappa shape index (κ1) is 24.8. The Labute approximate surface area is 176 Å².